The molecule has 0 spiro atoms. The molecule has 38 heavy (non-hydrogen) atoms. The van der Waals surface area contributed by atoms with Crippen LogP contribution in [0.15, 0.2) is 84.1 Å². The lowest BCUT2D eigenvalue weighted by Gasteiger charge is -2.35. The Hall–Kier alpha value is -4.14. The van der Waals surface area contributed by atoms with Crippen LogP contribution in [-0.4, -0.2) is 63.7 Å². The molecule has 3 aromatic carbocycles. The Bertz CT molecular complexity index is 1480. The molecule has 0 radical (unpaired) electrons. The molecular formula is C29H28ClN5O3. The number of piperazine rings is 1. The van der Waals surface area contributed by atoms with Crippen LogP contribution in [0.3, 0.4) is 0 Å². The smallest absolute Gasteiger partial charge is 0.271 e. The average Bonchev–Trinajstić information content (AvgIpc) is 3.34. The number of rotatable bonds is 7. The zero-order chi connectivity index (χ0) is 26.5. The number of phenols is 1. The van der Waals surface area contributed by atoms with Gasteiger partial charge in [-0.1, -0.05) is 54.1 Å². The zero-order valence-corrected chi connectivity index (χ0v) is 21.5. The van der Waals surface area contributed by atoms with E-state index in [-0.39, 0.29) is 28.8 Å². The van der Waals surface area contributed by atoms with E-state index < -0.39 is 5.91 Å². The standard InChI is InChI=1S/C29H28ClN5O3/c30-25-17-22(9-10-27(25)36)29(38)32-31-18-23-7-4-8-26-24(23)11-12-35(26)20-28(37)34-15-13-33(14-16-34)19-21-5-2-1-3-6-21/h1-12,17-18,36H,13-16,19-20H2,(H,32,38). The van der Waals surface area contributed by atoms with E-state index in [0.29, 0.717) is 13.1 Å². The Morgan fingerprint density at radius 3 is 2.53 bits per heavy atom. The molecule has 0 bridgehead atoms. The predicted molar refractivity (Wildman–Crippen MR) is 148 cm³/mol. The molecule has 2 heterocycles. The number of hydrogen-bond acceptors (Lipinski definition) is 5. The molecule has 2 N–H and O–H groups in total. The van der Waals surface area contributed by atoms with Crippen molar-refractivity contribution < 1.29 is 14.7 Å². The molecule has 1 aliphatic heterocycles. The average molecular weight is 530 g/mol. The summed E-state index contributed by atoms with van der Waals surface area (Å²) in [4.78, 5) is 29.7. The van der Waals surface area contributed by atoms with Gasteiger partial charge in [-0.05, 0) is 35.9 Å². The first-order valence-electron chi connectivity index (χ1n) is 12.4. The molecule has 0 saturated carbocycles. The number of aromatic hydroxyl groups is 1. The number of fused-ring (bicyclic) bond motifs is 1. The molecule has 194 valence electrons. The number of benzene rings is 3. The van der Waals surface area contributed by atoms with E-state index in [9.17, 15) is 14.7 Å². The van der Waals surface area contributed by atoms with Gasteiger partial charge < -0.3 is 14.6 Å². The zero-order valence-electron chi connectivity index (χ0n) is 20.8. The lowest BCUT2D eigenvalue weighted by Crippen LogP contribution is -2.49. The lowest BCUT2D eigenvalue weighted by atomic mass is 10.1. The van der Waals surface area contributed by atoms with Crippen molar-refractivity contribution in [3.8, 4) is 5.75 Å². The maximum atomic E-state index is 13.1. The topological polar surface area (TPSA) is 90.2 Å². The van der Waals surface area contributed by atoms with E-state index in [2.05, 4.69) is 39.7 Å². The van der Waals surface area contributed by atoms with Gasteiger partial charge in [-0.25, -0.2) is 5.43 Å². The van der Waals surface area contributed by atoms with E-state index in [1.54, 1.807) is 6.21 Å². The molecule has 8 nitrogen and oxygen atoms in total. The molecule has 9 heteroatoms. The first-order valence-corrected chi connectivity index (χ1v) is 12.8. The minimum atomic E-state index is -0.442. The largest absolute Gasteiger partial charge is 0.506 e. The highest BCUT2D eigenvalue weighted by Crippen LogP contribution is 2.23. The summed E-state index contributed by atoms with van der Waals surface area (Å²) in [7, 11) is 0. The van der Waals surface area contributed by atoms with Gasteiger partial charge >= 0.3 is 0 Å². The summed E-state index contributed by atoms with van der Waals surface area (Å²) >= 11 is 5.88. The molecule has 0 atom stereocenters. The molecule has 1 aromatic heterocycles. The number of carbonyl (C=O) groups excluding carboxylic acids is 2. The Kier molecular flexibility index (Phi) is 7.72. The van der Waals surface area contributed by atoms with Gasteiger partial charge in [0.15, 0.2) is 0 Å². The number of phenolic OH excluding ortho intramolecular Hbond substituents is 1. The van der Waals surface area contributed by atoms with Crippen LogP contribution in [0.25, 0.3) is 10.9 Å². The highest BCUT2D eigenvalue weighted by molar-refractivity contribution is 6.32. The van der Waals surface area contributed by atoms with Crippen LogP contribution >= 0.6 is 11.6 Å². The minimum Gasteiger partial charge on any atom is -0.506 e. The van der Waals surface area contributed by atoms with Gasteiger partial charge in [0.1, 0.15) is 12.3 Å². The SMILES string of the molecule is O=C(NN=Cc1cccc2c1ccn2CC(=O)N1CCN(Cc2ccccc2)CC1)c1ccc(O)c(Cl)c1. The maximum Gasteiger partial charge on any atom is 0.271 e. The number of halogens is 1. The van der Waals surface area contributed by atoms with Crippen molar-refractivity contribution in [1.82, 2.24) is 19.8 Å². The van der Waals surface area contributed by atoms with Gasteiger partial charge in [0.25, 0.3) is 5.91 Å². The molecule has 1 aliphatic rings. The van der Waals surface area contributed by atoms with Crippen LogP contribution in [-0.2, 0) is 17.9 Å². The predicted octanol–water partition coefficient (Wildman–Crippen LogP) is 4.11. The van der Waals surface area contributed by atoms with E-state index in [1.807, 2.05) is 46.0 Å². The van der Waals surface area contributed by atoms with Crippen molar-refractivity contribution in [2.24, 2.45) is 5.10 Å². The van der Waals surface area contributed by atoms with Crippen LogP contribution in [0.5, 0.6) is 5.75 Å². The second kappa shape index (κ2) is 11.5. The van der Waals surface area contributed by atoms with Crippen molar-refractivity contribution >= 4 is 40.5 Å². The first-order chi connectivity index (χ1) is 18.5. The minimum absolute atomic E-state index is 0.0910. The second-order valence-electron chi connectivity index (χ2n) is 9.23. The Morgan fingerprint density at radius 1 is 0.974 bits per heavy atom. The molecule has 0 aliphatic carbocycles. The van der Waals surface area contributed by atoms with Crippen LogP contribution < -0.4 is 5.43 Å². The van der Waals surface area contributed by atoms with Crippen molar-refractivity contribution in [2.45, 2.75) is 13.1 Å². The molecule has 1 fully saturated rings. The van der Waals surface area contributed by atoms with Gasteiger partial charge in [-0.15, -0.1) is 0 Å². The number of aromatic nitrogens is 1. The molecule has 2 amide bonds. The fourth-order valence-corrected chi connectivity index (χ4v) is 4.79. The summed E-state index contributed by atoms with van der Waals surface area (Å²) < 4.78 is 1.95. The third-order valence-corrected chi connectivity index (χ3v) is 7.01. The Labute approximate surface area is 225 Å². The van der Waals surface area contributed by atoms with E-state index in [1.165, 1.54) is 23.8 Å². The van der Waals surface area contributed by atoms with Gasteiger partial charge in [0, 0.05) is 61.0 Å². The monoisotopic (exact) mass is 529 g/mol. The highest BCUT2D eigenvalue weighted by atomic mass is 35.5. The van der Waals surface area contributed by atoms with Gasteiger partial charge in [0.2, 0.25) is 5.91 Å². The fraction of sp³-hybridized carbons (Fsp3) is 0.207. The second-order valence-corrected chi connectivity index (χ2v) is 9.64. The summed E-state index contributed by atoms with van der Waals surface area (Å²) in [5.74, 6) is -0.435. The normalized spacial score (nSPS) is 14.3. The lowest BCUT2D eigenvalue weighted by molar-refractivity contribution is -0.133. The van der Waals surface area contributed by atoms with E-state index in [0.717, 1.165) is 36.1 Å². The van der Waals surface area contributed by atoms with Crippen molar-refractivity contribution in [1.29, 1.82) is 0 Å². The quantitative estimate of drug-likeness (QED) is 0.278. The fourth-order valence-electron chi connectivity index (χ4n) is 4.61. The van der Waals surface area contributed by atoms with Crippen molar-refractivity contribution in [3.05, 3.63) is 101 Å². The summed E-state index contributed by atoms with van der Waals surface area (Å²) in [6.45, 7) is 4.31. The summed E-state index contributed by atoms with van der Waals surface area (Å²) in [6.07, 6.45) is 3.48. The number of nitrogens with one attached hydrogen (secondary N) is 1. The number of carbonyl (C=O) groups is 2. The van der Waals surface area contributed by atoms with Crippen LogP contribution in [0.2, 0.25) is 5.02 Å². The van der Waals surface area contributed by atoms with E-state index in [4.69, 9.17) is 11.6 Å². The summed E-state index contributed by atoms with van der Waals surface area (Å²) in [6, 6.07) is 22.3. The molecule has 5 rings (SSSR count). The molecular weight excluding hydrogens is 502 g/mol. The number of amides is 2. The molecule has 4 aromatic rings. The van der Waals surface area contributed by atoms with Crippen LogP contribution in [0, 0.1) is 0 Å². The third kappa shape index (κ3) is 5.88. The Balaban J connectivity index is 1.19. The Morgan fingerprint density at radius 2 is 1.76 bits per heavy atom. The summed E-state index contributed by atoms with van der Waals surface area (Å²) in [5, 5.41) is 14.6. The van der Waals surface area contributed by atoms with Gasteiger partial charge in [-0.3, -0.25) is 14.5 Å². The van der Waals surface area contributed by atoms with Crippen molar-refractivity contribution in [3.63, 3.8) is 0 Å². The molecule has 0 unspecified atom stereocenters. The third-order valence-electron chi connectivity index (χ3n) is 6.71. The summed E-state index contributed by atoms with van der Waals surface area (Å²) in [5.41, 5.74) is 5.78. The first kappa shape index (κ1) is 25.5. The number of hydrogen-bond donors (Lipinski definition) is 2. The number of nitrogens with zero attached hydrogens (tertiary/aromatic N) is 4. The van der Waals surface area contributed by atoms with Gasteiger partial charge in [-0.2, -0.15) is 5.10 Å². The van der Waals surface area contributed by atoms with Crippen LogP contribution in [0.1, 0.15) is 21.5 Å². The van der Waals surface area contributed by atoms with Gasteiger partial charge in [0.05, 0.1) is 11.2 Å². The van der Waals surface area contributed by atoms with E-state index >= 15 is 0 Å². The highest BCUT2D eigenvalue weighted by Gasteiger charge is 2.21. The van der Waals surface area contributed by atoms with Crippen LogP contribution in [0.4, 0.5) is 0 Å². The molecule has 1 saturated heterocycles. The number of hydrazone groups is 1. The maximum absolute atomic E-state index is 13.1. The van der Waals surface area contributed by atoms with Crippen molar-refractivity contribution in [2.75, 3.05) is 26.2 Å².